The minimum atomic E-state index is -4.44. The number of ether oxygens (including phenoxy) is 2. The molecule has 2 aromatic rings. The van der Waals surface area contributed by atoms with Crippen LogP contribution in [0.4, 0.5) is 13.2 Å². The Hall–Kier alpha value is -3.23. The number of carbonyl (C=O) groups is 2. The fraction of sp³-hybridized carbons (Fsp3) is 0.364. The van der Waals surface area contributed by atoms with Gasteiger partial charge >= 0.3 is 6.18 Å². The number of nitrogens with one attached hydrogen (secondary N) is 1. The van der Waals surface area contributed by atoms with E-state index in [0.29, 0.717) is 43.0 Å². The van der Waals surface area contributed by atoms with Crippen molar-refractivity contribution in [3.63, 3.8) is 0 Å². The highest BCUT2D eigenvalue weighted by atomic mass is 19.4. The van der Waals surface area contributed by atoms with Gasteiger partial charge in [-0.05, 0) is 55.3 Å². The van der Waals surface area contributed by atoms with E-state index in [2.05, 4.69) is 5.32 Å². The van der Waals surface area contributed by atoms with Crippen molar-refractivity contribution in [2.45, 2.75) is 25.1 Å². The molecule has 0 spiro atoms. The summed E-state index contributed by atoms with van der Waals surface area (Å²) >= 11 is 0. The highest BCUT2D eigenvalue weighted by Crippen LogP contribution is 2.30. The molecule has 31 heavy (non-hydrogen) atoms. The van der Waals surface area contributed by atoms with Gasteiger partial charge in [0.15, 0.2) is 11.5 Å². The normalized spacial score (nSPS) is 14.8. The van der Waals surface area contributed by atoms with Crippen LogP contribution in [0, 0.1) is 0 Å². The molecule has 0 saturated carbocycles. The summed E-state index contributed by atoms with van der Waals surface area (Å²) in [6.45, 7) is 0.899. The number of benzene rings is 2. The van der Waals surface area contributed by atoms with Crippen LogP contribution in [0.1, 0.15) is 39.1 Å². The number of hydrogen-bond donors (Lipinski definition) is 1. The Bertz CT molecular complexity index is 937. The van der Waals surface area contributed by atoms with Gasteiger partial charge in [0.2, 0.25) is 0 Å². The first-order chi connectivity index (χ1) is 14.7. The Morgan fingerprint density at radius 1 is 0.935 bits per heavy atom. The van der Waals surface area contributed by atoms with E-state index in [-0.39, 0.29) is 17.5 Å². The van der Waals surface area contributed by atoms with Crippen molar-refractivity contribution in [1.29, 1.82) is 0 Å². The number of amides is 2. The van der Waals surface area contributed by atoms with Crippen LogP contribution < -0.4 is 14.8 Å². The third-order valence-corrected chi connectivity index (χ3v) is 5.22. The second-order valence-electron chi connectivity index (χ2n) is 7.18. The van der Waals surface area contributed by atoms with E-state index in [1.54, 1.807) is 23.1 Å². The predicted octanol–water partition coefficient (Wildman–Crippen LogP) is 3.76. The van der Waals surface area contributed by atoms with Crippen molar-refractivity contribution in [1.82, 2.24) is 10.2 Å². The van der Waals surface area contributed by atoms with E-state index < -0.39 is 17.6 Å². The molecule has 0 aromatic heterocycles. The van der Waals surface area contributed by atoms with Gasteiger partial charge in [0, 0.05) is 30.3 Å². The van der Waals surface area contributed by atoms with Crippen LogP contribution in [-0.4, -0.2) is 50.1 Å². The lowest BCUT2D eigenvalue weighted by Gasteiger charge is -2.32. The molecule has 0 aliphatic carbocycles. The summed E-state index contributed by atoms with van der Waals surface area (Å²) in [5.74, 6) is 0.419. The Kier molecular flexibility index (Phi) is 6.72. The monoisotopic (exact) mass is 436 g/mol. The molecule has 0 bridgehead atoms. The molecule has 9 heteroatoms. The number of piperidine rings is 1. The summed E-state index contributed by atoms with van der Waals surface area (Å²) in [5.41, 5.74) is -0.159. The van der Waals surface area contributed by atoms with Crippen LogP contribution in [0.3, 0.4) is 0 Å². The van der Waals surface area contributed by atoms with Crippen LogP contribution in [0.2, 0.25) is 0 Å². The van der Waals surface area contributed by atoms with Gasteiger partial charge in [-0.2, -0.15) is 13.2 Å². The standard InChI is InChI=1S/C22H23F3N2O4/c1-30-18-8-5-15(13-19(18)31-2)21(29)27-11-9-17(10-12-27)26-20(28)14-3-6-16(7-4-14)22(23,24)25/h3-8,13,17H,9-12H2,1-2H3,(H,26,28). The van der Waals surface area contributed by atoms with Gasteiger partial charge in [0.25, 0.3) is 11.8 Å². The van der Waals surface area contributed by atoms with Gasteiger partial charge in [0.1, 0.15) is 0 Å². The maximum Gasteiger partial charge on any atom is 0.416 e. The maximum atomic E-state index is 12.8. The largest absolute Gasteiger partial charge is 0.493 e. The first-order valence-electron chi connectivity index (χ1n) is 9.72. The van der Waals surface area contributed by atoms with Gasteiger partial charge in [-0.1, -0.05) is 0 Å². The number of rotatable bonds is 5. The molecule has 0 unspecified atom stereocenters. The fourth-order valence-electron chi connectivity index (χ4n) is 3.46. The Morgan fingerprint density at radius 2 is 1.52 bits per heavy atom. The molecule has 6 nitrogen and oxygen atoms in total. The van der Waals surface area contributed by atoms with Gasteiger partial charge in [0.05, 0.1) is 19.8 Å². The van der Waals surface area contributed by atoms with Crippen LogP contribution in [-0.2, 0) is 6.18 Å². The first kappa shape index (κ1) is 22.5. The van der Waals surface area contributed by atoms with E-state index >= 15 is 0 Å². The molecule has 1 saturated heterocycles. The summed E-state index contributed by atoms with van der Waals surface area (Å²) in [7, 11) is 3.01. The highest BCUT2D eigenvalue weighted by Gasteiger charge is 2.30. The third-order valence-electron chi connectivity index (χ3n) is 5.22. The quantitative estimate of drug-likeness (QED) is 0.775. The summed E-state index contributed by atoms with van der Waals surface area (Å²) in [5, 5.41) is 2.83. The van der Waals surface area contributed by atoms with Crippen molar-refractivity contribution < 1.29 is 32.2 Å². The number of alkyl halides is 3. The van der Waals surface area contributed by atoms with Crippen molar-refractivity contribution in [3.8, 4) is 11.5 Å². The third kappa shape index (κ3) is 5.28. The molecule has 1 N–H and O–H groups in total. The van der Waals surface area contributed by atoms with E-state index in [4.69, 9.17) is 9.47 Å². The molecule has 1 aliphatic heterocycles. The average molecular weight is 436 g/mol. The number of halogens is 3. The number of carbonyl (C=O) groups excluding carboxylic acids is 2. The predicted molar refractivity (Wildman–Crippen MR) is 107 cm³/mol. The number of nitrogens with zero attached hydrogens (tertiary/aromatic N) is 1. The molecule has 2 amide bonds. The molecular weight excluding hydrogens is 413 g/mol. The molecule has 0 radical (unpaired) electrons. The van der Waals surface area contributed by atoms with Crippen LogP contribution in [0.5, 0.6) is 11.5 Å². The lowest BCUT2D eigenvalue weighted by atomic mass is 10.0. The molecule has 1 fully saturated rings. The molecule has 1 heterocycles. The lowest BCUT2D eigenvalue weighted by molar-refractivity contribution is -0.137. The Morgan fingerprint density at radius 3 is 2.06 bits per heavy atom. The zero-order valence-corrected chi connectivity index (χ0v) is 17.2. The Balaban J connectivity index is 1.56. The summed E-state index contributed by atoms with van der Waals surface area (Å²) in [4.78, 5) is 26.8. The second-order valence-corrected chi connectivity index (χ2v) is 7.18. The average Bonchev–Trinajstić information content (AvgIpc) is 2.78. The van der Waals surface area contributed by atoms with Gasteiger partial charge in [-0.25, -0.2) is 0 Å². The highest BCUT2D eigenvalue weighted by molar-refractivity contribution is 5.95. The second kappa shape index (κ2) is 9.28. The minimum absolute atomic E-state index is 0.145. The van der Waals surface area contributed by atoms with Crippen LogP contribution >= 0.6 is 0 Å². The zero-order chi connectivity index (χ0) is 22.6. The first-order valence-corrected chi connectivity index (χ1v) is 9.72. The van der Waals surface area contributed by atoms with E-state index in [9.17, 15) is 22.8 Å². The van der Waals surface area contributed by atoms with Gasteiger partial charge in [-0.3, -0.25) is 9.59 Å². The van der Waals surface area contributed by atoms with Crippen LogP contribution in [0.25, 0.3) is 0 Å². The fourth-order valence-corrected chi connectivity index (χ4v) is 3.46. The SMILES string of the molecule is COc1ccc(C(=O)N2CCC(NC(=O)c3ccc(C(F)(F)F)cc3)CC2)cc1OC. The molecule has 1 aliphatic rings. The van der Waals surface area contributed by atoms with Crippen molar-refractivity contribution in [2.24, 2.45) is 0 Å². The van der Waals surface area contributed by atoms with E-state index in [1.165, 1.54) is 14.2 Å². The maximum absolute atomic E-state index is 12.8. The van der Waals surface area contributed by atoms with Crippen molar-refractivity contribution in [2.75, 3.05) is 27.3 Å². The Labute approximate surface area is 177 Å². The minimum Gasteiger partial charge on any atom is -0.493 e. The topological polar surface area (TPSA) is 67.9 Å². The van der Waals surface area contributed by atoms with Gasteiger partial charge in [-0.15, -0.1) is 0 Å². The zero-order valence-electron chi connectivity index (χ0n) is 17.2. The molecule has 2 aromatic carbocycles. The van der Waals surface area contributed by atoms with Gasteiger partial charge < -0.3 is 19.7 Å². The number of hydrogen-bond acceptors (Lipinski definition) is 4. The molecule has 0 atom stereocenters. The summed E-state index contributed by atoms with van der Waals surface area (Å²) < 4.78 is 48.4. The lowest BCUT2D eigenvalue weighted by Crippen LogP contribution is -2.46. The number of likely N-dealkylation sites (tertiary alicyclic amines) is 1. The van der Waals surface area contributed by atoms with Crippen LogP contribution in [0.15, 0.2) is 42.5 Å². The summed E-state index contributed by atoms with van der Waals surface area (Å²) in [6, 6.07) is 8.90. The van der Waals surface area contributed by atoms with Crippen molar-refractivity contribution in [3.05, 3.63) is 59.2 Å². The van der Waals surface area contributed by atoms with E-state index in [1.807, 2.05) is 0 Å². The number of methoxy groups -OCH3 is 2. The molecular formula is C22H23F3N2O4. The van der Waals surface area contributed by atoms with E-state index in [0.717, 1.165) is 24.3 Å². The van der Waals surface area contributed by atoms with Crippen molar-refractivity contribution >= 4 is 11.8 Å². The smallest absolute Gasteiger partial charge is 0.416 e. The molecule has 3 rings (SSSR count). The summed E-state index contributed by atoms with van der Waals surface area (Å²) in [6.07, 6.45) is -3.35. The molecule has 166 valence electrons.